The van der Waals surface area contributed by atoms with Crippen LogP contribution >= 0.6 is 0 Å². The van der Waals surface area contributed by atoms with Gasteiger partial charge in [-0.3, -0.25) is 0 Å². The van der Waals surface area contributed by atoms with E-state index in [-0.39, 0.29) is 0 Å². The van der Waals surface area contributed by atoms with Gasteiger partial charge in [-0.05, 0) is 173 Å². The van der Waals surface area contributed by atoms with Gasteiger partial charge in [0.15, 0.2) is 0 Å². The minimum absolute atomic E-state index is 1.13. The van der Waals surface area contributed by atoms with Crippen LogP contribution in [0.2, 0.25) is 0 Å². The maximum atomic E-state index is 2.70. The summed E-state index contributed by atoms with van der Waals surface area (Å²) in [5.74, 6) is 0. The molecule has 0 amide bonds. The van der Waals surface area contributed by atoms with Gasteiger partial charge < -0.3 is 29.4 Å². The summed E-state index contributed by atoms with van der Waals surface area (Å²) in [6.45, 7) is 27.7. The highest BCUT2D eigenvalue weighted by atomic mass is 15.2. The zero-order valence-corrected chi connectivity index (χ0v) is 61.2. The SMILES string of the molecule is CCCCCCCN(CCCCCCC)c1ccc(N(c2ccc(N(CCCCCCC)CCCCCCC)cc2)c2ccc(N(c3ccc(N(CCCCCCC)CCCCCCC)cc3)c3ccc(N(CCCCCCC)CCCCCCC)cc3)cc2)cc1. The highest BCUT2D eigenvalue weighted by Crippen LogP contribution is 2.41. The number of unbranched alkanes of at least 4 members (excludes halogenated alkanes) is 32. The van der Waals surface area contributed by atoms with E-state index in [0.29, 0.717) is 0 Å². The van der Waals surface area contributed by atoms with E-state index < -0.39 is 0 Å². The molecule has 514 valence electrons. The van der Waals surface area contributed by atoms with Crippen LogP contribution in [-0.2, 0) is 0 Å². The summed E-state index contributed by atoms with van der Waals surface area (Å²) in [6.07, 6.45) is 52.3. The van der Waals surface area contributed by atoms with Gasteiger partial charge in [0.05, 0.1) is 0 Å². The van der Waals surface area contributed by atoms with Crippen LogP contribution in [0, 0.1) is 0 Å². The summed E-state index contributed by atoms with van der Waals surface area (Å²) in [5, 5.41) is 0. The maximum Gasteiger partial charge on any atom is 0.0463 e. The number of nitrogens with zero attached hydrogens (tertiary/aromatic N) is 6. The van der Waals surface area contributed by atoms with Crippen LogP contribution in [0.25, 0.3) is 0 Å². The van der Waals surface area contributed by atoms with E-state index in [0.717, 1.165) is 52.4 Å². The van der Waals surface area contributed by atoms with E-state index in [2.05, 4.69) is 206 Å². The monoisotopic (exact) mass is 1260 g/mol. The Morgan fingerprint density at radius 1 is 0.141 bits per heavy atom. The lowest BCUT2D eigenvalue weighted by Gasteiger charge is -2.31. The third-order valence-corrected chi connectivity index (χ3v) is 19.5. The van der Waals surface area contributed by atoms with Crippen LogP contribution in [0.5, 0.6) is 0 Å². The third kappa shape index (κ3) is 30.1. The molecular weight excluding hydrogens is 1120 g/mol. The van der Waals surface area contributed by atoms with E-state index in [9.17, 15) is 0 Å². The number of hydrogen-bond acceptors (Lipinski definition) is 6. The fourth-order valence-corrected chi connectivity index (χ4v) is 13.6. The normalized spacial score (nSPS) is 11.4. The predicted molar refractivity (Wildman–Crippen MR) is 415 cm³/mol. The van der Waals surface area contributed by atoms with E-state index in [1.54, 1.807) is 0 Å². The molecule has 0 aliphatic rings. The van der Waals surface area contributed by atoms with Crippen LogP contribution in [0.4, 0.5) is 56.9 Å². The summed E-state index contributed by atoms with van der Waals surface area (Å²) in [4.78, 5) is 15.8. The Bertz CT molecular complexity index is 2090. The molecule has 0 fully saturated rings. The highest BCUT2D eigenvalue weighted by Gasteiger charge is 2.20. The summed E-state index contributed by atoms with van der Waals surface area (Å²) < 4.78 is 0. The van der Waals surface area contributed by atoms with Gasteiger partial charge in [0, 0.05) is 109 Å². The molecular formula is C86H140N6. The number of anilines is 10. The summed E-state index contributed by atoms with van der Waals surface area (Å²) in [7, 11) is 0. The van der Waals surface area contributed by atoms with Crippen molar-refractivity contribution in [2.24, 2.45) is 0 Å². The second-order valence-electron chi connectivity index (χ2n) is 27.5. The second kappa shape index (κ2) is 50.3. The molecule has 0 bridgehead atoms. The third-order valence-electron chi connectivity index (χ3n) is 19.5. The van der Waals surface area contributed by atoms with E-state index in [1.807, 2.05) is 0 Å². The maximum absolute atomic E-state index is 2.70. The van der Waals surface area contributed by atoms with Gasteiger partial charge in [0.1, 0.15) is 0 Å². The van der Waals surface area contributed by atoms with Gasteiger partial charge in [-0.2, -0.15) is 0 Å². The Morgan fingerprint density at radius 2 is 0.250 bits per heavy atom. The fraction of sp³-hybridized carbons (Fsp3) is 0.651. The number of rotatable bonds is 58. The summed E-state index contributed by atoms with van der Waals surface area (Å²) in [5.41, 5.74) is 12.6. The first-order valence-corrected chi connectivity index (χ1v) is 39.5. The van der Waals surface area contributed by atoms with Crippen molar-refractivity contribution in [3.63, 3.8) is 0 Å². The Morgan fingerprint density at radius 3 is 0.370 bits per heavy atom. The van der Waals surface area contributed by atoms with Crippen LogP contribution in [0.1, 0.15) is 312 Å². The smallest absolute Gasteiger partial charge is 0.0463 e. The van der Waals surface area contributed by atoms with Crippen molar-refractivity contribution in [3.05, 3.63) is 121 Å². The molecule has 0 spiro atoms. The van der Waals surface area contributed by atoms with Gasteiger partial charge in [0.2, 0.25) is 0 Å². The second-order valence-corrected chi connectivity index (χ2v) is 27.5. The van der Waals surface area contributed by atoms with Crippen LogP contribution < -0.4 is 29.4 Å². The molecule has 0 radical (unpaired) electrons. The van der Waals surface area contributed by atoms with Crippen molar-refractivity contribution in [1.82, 2.24) is 0 Å². The molecule has 0 saturated carbocycles. The molecule has 92 heavy (non-hydrogen) atoms. The Balaban J connectivity index is 1.58. The minimum atomic E-state index is 1.13. The molecule has 0 N–H and O–H groups in total. The zero-order chi connectivity index (χ0) is 65.3. The minimum Gasteiger partial charge on any atom is -0.372 e. The lowest BCUT2D eigenvalue weighted by atomic mass is 10.1. The average molecular weight is 1260 g/mol. The summed E-state index contributed by atoms with van der Waals surface area (Å²) >= 11 is 0. The molecule has 5 rings (SSSR count). The topological polar surface area (TPSA) is 19.4 Å². The van der Waals surface area contributed by atoms with Gasteiger partial charge in [-0.1, -0.05) is 261 Å². The van der Waals surface area contributed by atoms with Crippen LogP contribution in [0.3, 0.4) is 0 Å². The predicted octanol–water partition coefficient (Wildman–Crippen LogP) is 27.6. The van der Waals surface area contributed by atoms with Gasteiger partial charge in [0.25, 0.3) is 0 Å². The number of hydrogen-bond donors (Lipinski definition) is 0. The molecule has 0 atom stereocenters. The molecule has 0 aliphatic carbocycles. The molecule has 0 aromatic heterocycles. The van der Waals surface area contributed by atoms with Crippen molar-refractivity contribution in [2.75, 3.05) is 81.8 Å². The first-order valence-electron chi connectivity index (χ1n) is 39.5. The van der Waals surface area contributed by atoms with Crippen LogP contribution in [-0.4, -0.2) is 52.4 Å². The number of benzene rings is 5. The van der Waals surface area contributed by atoms with Crippen LogP contribution in [0.15, 0.2) is 121 Å². The molecule has 5 aromatic rings. The molecule has 6 nitrogen and oxygen atoms in total. The van der Waals surface area contributed by atoms with E-state index in [1.165, 1.54) is 314 Å². The fourth-order valence-electron chi connectivity index (χ4n) is 13.6. The van der Waals surface area contributed by atoms with Crippen molar-refractivity contribution in [1.29, 1.82) is 0 Å². The standard InChI is InChI=1S/C86H140N6/c1-9-17-25-33-41-69-87(70-42-34-26-18-10-2)77-49-57-81(58-50-77)91(82-59-51-78(52-60-82)88(71-43-35-27-19-11-3)72-44-36-28-20-12-4)85-65-67-86(68-66-85)92(83-61-53-79(54-62-83)89(73-45-37-29-21-13-5)74-46-38-30-22-14-6)84-63-55-80(56-64-84)90(75-47-39-31-23-15-7)76-48-40-32-24-16-8/h49-68H,9-48,69-76H2,1-8H3. The summed E-state index contributed by atoms with van der Waals surface area (Å²) in [6, 6.07) is 48.3. The lowest BCUT2D eigenvalue weighted by molar-refractivity contribution is 0.589. The van der Waals surface area contributed by atoms with Crippen molar-refractivity contribution >= 4 is 56.9 Å². The van der Waals surface area contributed by atoms with E-state index in [4.69, 9.17) is 0 Å². The quantitative estimate of drug-likeness (QED) is 0.0359. The zero-order valence-electron chi connectivity index (χ0n) is 61.2. The highest BCUT2D eigenvalue weighted by molar-refractivity contribution is 5.82. The first-order chi connectivity index (χ1) is 45.4. The Labute approximate surface area is 569 Å². The average Bonchev–Trinajstić information content (AvgIpc) is 0.834. The van der Waals surface area contributed by atoms with Gasteiger partial charge in [-0.25, -0.2) is 0 Å². The van der Waals surface area contributed by atoms with Gasteiger partial charge in [-0.15, -0.1) is 0 Å². The van der Waals surface area contributed by atoms with Crippen molar-refractivity contribution in [2.45, 2.75) is 312 Å². The van der Waals surface area contributed by atoms with E-state index >= 15 is 0 Å². The molecule has 0 saturated heterocycles. The molecule has 0 unspecified atom stereocenters. The molecule has 0 heterocycles. The lowest BCUT2D eigenvalue weighted by Crippen LogP contribution is -2.26. The molecule has 6 heteroatoms. The van der Waals surface area contributed by atoms with Crippen molar-refractivity contribution in [3.8, 4) is 0 Å². The largest absolute Gasteiger partial charge is 0.372 e. The van der Waals surface area contributed by atoms with Gasteiger partial charge >= 0.3 is 0 Å². The Kier molecular flexibility index (Phi) is 42.5. The molecule has 0 aliphatic heterocycles. The Hall–Kier alpha value is -5.10. The molecule has 5 aromatic carbocycles. The van der Waals surface area contributed by atoms with Crippen molar-refractivity contribution < 1.29 is 0 Å². The first kappa shape index (κ1) is 77.6.